The van der Waals surface area contributed by atoms with Crippen LogP contribution in [0.3, 0.4) is 0 Å². The Kier molecular flexibility index (Phi) is 8.79. The Balaban J connectivity index is 1.47. The van der Waals surface area contributed by atoms with Crippen LogP contribution in [0.4, 0.5) is 5.69 Å². The second-order valence-corrected chi connectivity index (χ2v) is 13.5. The number of hydrogen-bond acceptors (Lipinski definition) is 6. The zero-order chi connectivity index (χ0) is 29.8. The molecule has 1 unspecified atom stereocenters. The van der Waals surface area contributed by atoms with E-state index in [-0.39, 0.29) is 30.0 Å². The zero-order valence-corrected chi connectivity index (χ0v) is 25.0. The fraction of sp³-hybridized carbons (Fsp3) is 0.375. The number of piperazine rings is 1. The van der Waals surface area contributed by atoms with Crippen LogP contribution in [0.1, 0.15) is 16.7 Å². The smallest absolute Gasteiger partial charge is 0.299 e. The molecule has 3 aromatic rings. The Morgan fingerprint density at radius 2 is 1.55 bits per heavy atom. The minimum absolute atomic E-state index is 0.00643. The highest BCUT2D eigenvalue weighted by Crippen LogP contribution is 2.48. The molecule has 42 heavy (non-hydrogen) atoms. The van der Waals surface area contributed by atoms with E-state index >= 15 is 0 Å². The molecule has 1 fully saturated rings. The standard InChI is InChI=1S/C32H38N4O5S/c1-35(22-25-11-5-3-6-12-25)30(37)28(24-41-23-26-13-7-4-8-14-26)34-31(38)32(42(2,39)40)21-27-15-9-10-16-29(27)36(32)19-17-33-18-20-36/h3-16,28,33H,17-24H2,1-2H3/p+1/t28-,32?/m0/s1. The molecule has 0 bridgehead atoms. The molecule has 222 valence electrons. The molecule has 1 saturated heterocycles. The molecule has 0 saturated carbocycles. The Morgan fingerprint density at radius 3 is 2.19 bits per heavy atom. The highest BCUT2D eigenvalue weighted by molar-refractivity contribution is 7.93. The third-order valence-corrected chi connectivity index (χ3v) is 10.4. The van der Waals surface area contributed by atoms with Crippen molar-refractivity contribution in [3.63, 3.8) is 0 Å². The van der Waals surface area contributed by atoms with Gasteiger partial charge in [0.25, 0.3) is 10.8 Å². The number of quaternary nitrogens is 1. The maximum absolute atomic E-state index is 14.5. The van der Waals surface area contributed by atoms with Gasteiger partial charge in [-0.25, -0.2) is 8.42 Å². The van der Waals surface area contributed by atoms with Gasteiger partial charge in [0.2, 0.25) is 15.7 Å². The predicted molar refractivity (Wildman–Crippen MR) is 163 cm³/mol. The van der Waals surface area contributed by atoms with Gasteiger partial charge in [-0.2, -0.15) is 0 Å². The van der Waals surface area contributed by atoms with E-state index in [4.69, 9.17) is 4.74 Å². The summed E-state index contributed by atoms with van der Waals surface area (Å²) >= 11 is 0. The highest BCUT2D eigenvalue weighted by atomic mass is 32.2. The summed E-state index contributed by atoms with van der Waals surface area (Å²) in [6, 6.07) is 25.6. The summed E-state index contributed by atoms with van der Waals surface area (Å²) in [5.41, 5.74) is 3.55. The number of likely N-dealkylation sites (N-methyl/N-ethyl adjacent to an activating group) is 1. The normalized spacial score (nSPS) is 20.0. The number of nitrogens with zero attached hydrogens (tertiary/aromatic N) is 2. The van der Waals surface area contributed by atoms with Crippen LogP contribution >= 0.6 is 0 Å². The molecule has 0 radical (unpaired) electrons. The van der Waals surface area contributed by atoms with Crippen LogP contribution in [0.2, 0.25) is 0 Å². The van der Waals surface area contributed by atoms with E-state index in [9.17, 15) is 18.0 Å². The number of sulfone groups is 1. The van der Waals surface area contributed by atoms with Crippen LogP contribution in [-0.4, -0.2) is 82.1 Å². The maximum atomic E-state index is 14.5. The van der Waals surface area contributed by atoms with E-state index < -0.39 is 26.7 Å². The van der Waals surface area contributed by atoms with Crippen LogP contribution in [0, 0.1) is 0 Å². The molecule has 0 aromatic heterocycles. The van der Waals surface area contributed by atoms with E-state index in [1.807, 2.05) is 84.9 Å². The fourth-order valence-electron chi connectivity index (χ4n) is 6.47. The van der Waals surface area contributed by atoms with Crippen molar-refractivity contribution in [2.24, 2.45) is 0 Å². The van der Waals surface area contributed by atoms with Crippen molar-refractivity contribution in [1.29, 1.82) is 0 Å². The summed E-state index contributed by atoms with van der Waals surface area (Å²) < 4.78 is 33.6. The third-order valence-electron chi connectivity index (χ3n) is 8.52. The van der Waals surface area contributed by atoms with E-state index in [2.05, 4.69) is 10.6 Å². The number of ether oxygens (including phenoxy) is 1. The van der Waals surface area contributed by atoms with Gasteiger partial charge in [0, 0.05) is 38.5 Å². The molecule has 2 aliphatic rings. The topological polar surface area (TPSA) is 105 Å². The van der Waals surface area contributed by atoms with Gasteiger partial charge in [-0.3, -0.25) is 14.1 Å². The fourth-order valence-corrected chi connectivity index (χ4v) is 8.20. The molecular formula is C32H39N4O5S+. The number of carbonyl (C=O) groups is 2. The molecule has 0 aliphatic carbocycles. The monoisotopic (exact) mass is 591 g/mol. The average Bonchev–Trinajstić information content (AvgIpc) is 3.28. The first kappa shape index (κ1) is 29.9. The number of carbonyl (C=O) groups excluding carboxylic acids is 2. The van der Waals surface area contributed by atoms with Gasteiger partial charge >= 0.3 is 0 Å². The van der Waals surface area contributed by atoms with Crippen molar-refractivity contribution in [1.82, 2.24) is 20.0 Å². The lowest BCUT2D eigenvalue weighted by atomic mass is 10.1. The number of benzene rings is 3. The van der Waals surface area contributed by atoms with Gasteiger partial charge in [0.15, 0.2) is 0 Å². The van der Waals surface area contributed by atoms with Crippen molar-refractivity contribution in [2.75, 3.05) is 46.1 Å². The number of amides is 2. The van der Waals surface area contributed by atoms with Crippen molar-refractivity contribution >= 4 is 27.3 Å². The lowest BCUT2D eigenvalue weighted by molar-refractivity contribution is -0.139. The first-order valence-corrected chi connectivity index (χ1v) is 16.1. The number of nitrogens with one attached hydrogen (secondary N) is 2. The summed E-state index contributed by atoms with van der Waals surface area (Å²) in [7, 11) is -2.30. The Morgan fingerprint density at radius 1 is 0.952 bits per heavy atom. The first-order chi connectivity index (χ1) is 20.2. The summed E-state index contributed by atoms with van der Waals surface area (Å²) in [4.78, 5) is 28.1. The van der Waals surface area contributed by atoms with Gasteiger partial charge in [0.05, 0.1) is 32.7 Å². The van der Waals surface area contributed by atoms with Crippen LogP contribution in [-0.2, 0) is 43.7 Å². The summed E-state index contributed by atoms with van der Waals surface area (Å²) in [5, 5.41) is 6.21. The lowest BCUT2D eigenvalue weighted by Crippen LogP contribution is -2.77. The first-order valence-electron chi connectivity index (χ1n) is 14.3. The zero-order valence-electron chi connectivity index (χ0n) is 24.2. The minimum Gasteiger partial charge on any atom is -0.374 e. The van der Waals surface area contributed by atoms with E-state index in [1.54, 1.807) is 7.05 Å². The second-order valence-electron chi connectivity index (χ2n) is 11.2. The van der Waals surface area contributed by atoms with E-state index in [1.165, 1.54) is 4.90 Å². The molecule has 5 rings (SSSR count). The number of para-hydroxylation sites is 1. The van der Waals surface area contributed by atoms with Gasteiger partial charge in [-0.15, -0.1) is 0 Å². The van der Waals surface area contributed by atoms with Crippen molar-refractivity contribution in [2.45, 2.75) is 30.5 Å². The molecule has 2 heterocycles. The lowest BCUT2D eigenvalue weighted by Gasteiger charge is -2.48. The molecule has 2 atom stereocenters. The SMILES string of the molecule is CN(Cc1ccccc1)C(=O)[C@H](COCc1ccccc1)NC(=O)C1(S(C)(=O)=O)Cc2ccccc2[N+]12CCNCC2. The Hall–Kier alpha value is -3.57. The number of hydrogen-bond donors (Lipinski definition) is 2. The van der Waals surface area contributed by atoms with Crippen LogP contribution in [0.25, 0.3) is 0 Å². The van der Waals surface area contributed by atoms with Crippen molar-refractivity contribution in [3.05, 3.63) is 102 Å². The van der Waals surface area contributed by atoms with Crippen molar-refractivity contribution < 1.29 is 22.7 Å². The average molecular weight is 592 g/mol. The minimum atomic E-state index is -3.98. The molecule has 1 spiro atoms. The molecule has 3 aromatic carbocycles. The molecule has 10 heteroatoms. The number of fused-ring (bicyclic) bond motifs is 2. The van der Waals surface area contributed by atoms with E-state index in [0.717, 1.165) is 28.6 Å². The summed E-state index contributed by atoms with van der Waals surface area (Å²) in [6.07, 6.45) is 1.18. The van der Waals surface area contributed by atoms with Gasteiger partial charge in [0.1, 0.15) is 11.7 Å². The molecule has 2 aliphatic heterocycles. The molecular weight excluding hydrogens is 552 g/mol. The quantitative estimate of drug-likeness (QED) is 0.351. The van der Waals surface area contributed by atoms with E-state index in [0.29, 0.717) is 32.7 Å². The summed E-state index contributed by atoms with van der Waals surface area (Å²) in [6.45, 7) is 2.49. The largest absolute Gasteiger partial charge is 0.374 e. The molecule has 2 amide bonds. The summed E-state index contributed by atoms with van der Waals surface area (Å²) in [5.74, 6) is -1.02. The van der Waals surface area contributed by atoms with Crippen LogP contribution < -0.4 is 15.1 Å². The second kappa shape index (κ2) is 12.3. The van der Waals surface area contributed by atoms with Crippen molar-refractivity contribution in [3.8, 4) is 0 Å². The predicted octanol–water partition coefficient (Wildman–Crippen LogP) is 2.25. The van der Waals surface area contributed by atoms with Gasteiger partial charge in [-0.05, 0) is 17.2 Å². The number of rotatable bonds is 10. The highest BCUT2D eigenvalue weighted by Gasteiger charge is 2.69. The van der Waals surface area contributed by atoms with Crippen LogP contribution in [0.15, 0.2) is 84.9 Å². The van der Waals surface area contributed by atoms with Gasteiger partial charge < -0.3 is 20.3 Å². The van der Waals surface area contributed by atoms with Crippen LogP contribution in [0.5, 0.6) is 0 Å². The van der Waals surface area contributed by atoms with Gasteiger partial charge in [-0.1, -0.05) is 78.9 Å². The molecule has 9 nitrogen and oxygen atoms in total. The Bertz CT molecular complexity index is 1510. The molecule has 2 N–H and O–H groups in total. The third kappa shape index (κ3) is 5.59. The Labute approximate surface area is 248 Å². The maximum Gasteiger partial charge on any atom is 0.299 e.